The van der Waals surface area contributed by atoms with Crippen LogP contribution < -0.4 is 0 Å². The molecule has 4 heteroatoms. The van der Waals surface area contributed by atoms with Gasteiger partial charge in [0.25, 0.3) is 0 Å². The zero-order valence-electron chi connectivity index (χ0n) is 11.1. The third kappa shape index (κ3) is 3.23. The summed E-state index contributed by atoms with van der Waals surface area (Å²) in [5.41, 5.74) is 3.30. The lowest BCUT2D eigenvalue weighted by Crippen LogP contribution is -2.04. The van der Waals surface area contributed by atoms with Gasteiger partial charge < -0.3 is 0 Å². The maximum Gasteiger partial charge on any atom is 0.115 e. The van der Waals surface area contributed by atoms with Crippen LogP contribution in [0.15, 0.2) is 67.3 Å². The molecule has 1 heterocycles. The van der Waals surface area contributed by atoms with Crippen molar-refractivity contribution in [3.8, 4) is 0 Å². The quantitative estimate of drug-likeness (QED) is 0.682. The topological polar surface area (TPSA) is 25.8 Å². The minimum Gasteiger partial charge on any atom is -0.245 e. The summed E-state index contributed by atoms with van der Waals surface area (Å²) in [7, 11) is 0. The van der Waals surface area contributed by atoms with E-state index in [2.05, 4.69) is 9.97 Å². The Morgan fingerprint density at radius 2 is 1.05 bits per heavy atom. The Hall–Kier alpha value is -1.90. The van der Waals surface area contributed by atoms with Crippen LogP contribution in [0.2, 0.25) is 10.0 Å². The van der Waals surface area contributed by atoms with E-state index < -0.39 is 0 Å². The summed E-state index contributed by atoms with van der Waals surface area (Å²) in [5.74, 6) is 0.0562. The van der Waals surface area contributed by atoms with Crippen molar-refractivity contribution in [2.24, 2.45) is 0 Å². The van der Waals surface area contributed by atoms with E-state index in [4.69, 9.17) is 23.2 Å². The van der Waals surface area contributed by atoms with E-state index in [1.807, 2.05) is 60.9 Å². The highest BCUT2D eigenvalue weighted by atomic mass is 35.5. The number of benzene rings is 2. The first-order chi connectivity index (χ1) is 10.2. The van der Waals surface area contributed by atoms with Crippen LogP contribution >= 0.6 is 23.2 Å². The largest absolute Gasteiger partial charge is 0.245 e. The number of hydrogen-bond acceptors (Lipinski definition) is 2. The van der Waals surface area contributed by atoms with Crippen molar-refractivity contribution in [2.75, 3.05) is 0 Å². The molecule has 0 N–H and O–H groups in total. The second kappa shape index (κ2) is 6.25. The molecule has 0 saturated heterocycles. The summed E-state index contributed by atoms with van der Waals surface area (Å²) in [6.45, 7) is 0. The minimum absolute atomic E-state index is 0.0562. The van der Waals surface area contributed by atoms with Gasteiger partial charge >= 0.3 is 0 Å². The number of rotatable bonds is 3. The monoisotopic (exact) mass is 314 g/mol. The molecule has 0 saturated carbocycles. The van der Waals surface area contributed by atoms with E-state index >= 15 is 0 Å². The van der Waals surface area contributed by atoms with Gasteiger partial charge in [0.05, 0.1) is 0 Å². The van der Waals surface area contributed by atoms with E-state index in [0.717, 1.165) is 26.7 Å². The molecule has 3 aromatic rings. The van der Waals surface area contributed by atoms with Gasteiger partial charge in [0.1, 0.15) is 6.33 Å². The summed E-state index contributed by atoms with van der Waals surface area (Å²) >= 11 is 12.0. The standard InChI is InChI=1S/C17H12Cl2N2/c18-15-5-1-12(2-6-15)17(14-9-20-11-21-10-14)13-3-7-16(19)8-4-13/h1-11,17H. The lowest BCUT2D eigenvalue weighted by Gasteiger charge is -2.18. The van der Waals surface area contributed by atoms with Crippen LogP contribution in [0.4, 0.5) is 0 Å². The molecule has 0 radical (unpaired) electrons. The van der Waals surface area contributed by atoms with Gasteiger partial charge in [-0.2, -0.15) is 0 Å². The van der Waals surface area contributed by atoms with Gasteiger partial charge in [-0.15, -0.1) is 0 Å². The molecule has 0 atom stereocenters. The fourth-order valence-corrected chi connectivity index (χ4v) is 2.60. The third-order valence-electron chi connectivity index (χ3n) is 3.32. The molecule has 104 valence electrons. The second-order valence-electron chi connectivity index (χ2n) is 4.71. The van der Waals surface area contributed by atoms with Gasteiger partial charge in [0.15, 0.2) is 0 Å². The van der Waals surface area contributed by atoms with Crippen molar-refractivity contribution in [1.29, 1.82) is 0 Å². The van der Waals surface area contributed by atoms with Crippen molar-refractivity contribution in [1.82, 2.24) is 9.97 Å². The number of aromatic nitrogens is 2. The highest BCUT2D eigenvalue weighted by molar-refractivity contribution is 6.30. The summed E-state index contributed by atoms with van der Waals surface area (Å²) in [6, 6.07) is 15.7. The van der Waals surface area contributed by atoms with Gasteiger partial charge in [-0.1, -0.05) is 47.5 Å². The van der Waals surface area contributed by atoms with Crippen molar-refractivity contribution in [2.45, 2.75) is 5.92 Å². The number of nitrogens with zero attached hydrogens (tertiary/aromatic N) is 2. The molecule has 0 amide bonds. The van der Waals surface area contributed by atoms with Crippen molar-refractivity contribution < 1.29 is 0 Å². The SMILES string of the molecule is Clc1ccc(C(c2ccc(Cl)cc2)c2cncnc2)cc1. The van der Waals surface area contributed by atoms with Crippen LogP contribution in [0.5, 0.6) is 0 Å². The zero-order valence-corrected chi connectivity index (χ0v) is 12.6. The Bertz CT molecular complexity index is 665. The zero-order chi connectivity index (χ0) is 14.7. The van der Waals surface area contributed by atoms with Crippen LogP contribution in [-0.2, 0) is 0 Å². The maximum atomic E-state index is 5.99. The van der Waals surface area contributed by atoms with E-state index in [-0.39, 0.29) is 5.92 Å². The summed E-state index contributed by atoms with van der Waals surface area (Å²) in [5, 5.41) is 1.44. The average Bonchev–Trinajstić information content (AvgIpc) is 2.52. The lowest BCUT2D eigenvalue weighted by atomic mass is 9.87. The summed E-state index contributed by atoms with van der Waals surface area (Å²) < 4.78 is 0. The third-order valence-corrected chi connectivity index (χ3v) is 3.82. The smallest absolute Gasteiger partial charge is 0.115 e. The average molecular weight is 315 g/mol. The van der Waals surface area contributed by atoms with Gasteiger partial charge in [0, 0.05) is 33.9 Å². The Balaban J connectivity index is 2.11. The predicted molar refractivity (Wildman–Crippen MR) is 85.9 cm³/mol. The van der Waals surface area contributed by atoms with E-state index in [9.17, 15) is 0 Å². The van der Waals surface area contributed by atoms with Gasteiger partial charge in [0.2, 0.25) is 0 Å². The Morgan fingerprint density at radius 3 is 1.48 bits per heavy atom. The normalized spacial score (nSPS) is 10.8. The van der Waals surface area contributed by atoms with Crippen LogP contribution in [0.25, 0.3) is 0 Å². The molecule has 0 unspecified atom stereocenters. The van der Waals surface area contributed by atoms with E-state index in [0.29, 0.717) is 0 Å². The molecule has 0 aliphatic heterocycles. The molecule has 0 aliphatic rings. The molecular formula is C17H12Cl2N2. The van der Waals surface area contributed by atoms with E-state index in [1.54, 1.807) is 0 Å². The molecule has 0 bridgehead atoms. The molecule has 3 rings (SSSR count). The lowest BCUT2D eigenvalue weighted by molar-refractivity contribution is 0.940. The van der Waals surface area contributed by atoms with Crippen molar-refractivity contribution in [3.63, 3.8) is 0 Å². The fourth-order valence-electron chi connectivity index (χ4n) is 2.35. The number of hydrogen-bond donors (Lipinski definition) is 0. The molecule has 21 heavy (non-hydrogen) atoms. The Morgan fingerprint density at radius 1 is 0.619 bits per heavy atom. The first-order valence-electron chi connectivity index (χ1n) is 6.50. The van der Waals surface area contributed by atoms with Gasteiger partial charge in [-0.3, -0.25) is 0 Å². The van der Waals surface area contributed by atoms with Gasteiger partial charge in [-0.25, -0.2) is 9.97 Å². The number of halogens is 2. The maximum absolute atomic E-state index is 5.99. The first kappa shape index (κ1) is 14.1. The van der Waals surface area contributed by atoms with Crippen LogP contribution in [-0.4, -0.2) is 9.97 Å². The van der Waals surface area contributed by atoms with Crippen molar-refractivity contribution in [3.05, 3.63) is 94.0 Å². The molecular weight excluding hydrogens is 303 g/mol. The molecule has 1 aromatic heterocycles. The van der Waals surface area contributed by atoms with Crippen LogP contribution in [0.3, 0.4) is 0 Å². The van der Waals surface area contributed by atoms with Crippen molar-refractivity contribution >= 4 is 23.2 Å². The first-order valence-corrected chi connectivity index (χ1v) is 7.25. The van der Waals surface area contributed by atoms with Crippen LogP contribution in [0.1, 0.15) is 22.6 Å². The summed E-state index contributed by atoms with van der Waals surface area (Å²) in [4.78, 5) is 8.26. The highest BCUT2D eigenvalue weighted by Gasteiger charge is 2.17. The van der Waals surface area contributed by atoms with E-state index in [1.165, 1.54) is 6.33 Å². The second-order valence-corrected chi connectivity index (χ2v) is 5.58. The molecule has 0 fully saturated rings. The molecule has 2 nitrogen and oxygen atoms in total. The minimum atomic E-state index is 0.0562. The fraction of sp³-hybridized carbons (Fsp3) is 0.0588. The highest BCUT2D eigenvalue weighted by Crippen LogP contribution is 2.32. The molecule has 0 aliphatic carbocycles. The predicted octanol–water partition coefficient (Wildman–Crippen LogP) is 4.96. The molecule has 2 aromatic carbocycles. The Kier molecular flexibility index (Phi) is 4.18. The Labute approximate surface area is 133 Å². The molecule has 0 spiro atoms. The van der Waals surface area contributed by atoms with Crippen LogP contribution in [0, 0.1) is 0 Å². The summed E-state index contributed by atoms with van der Waals surface area (Å²) in [6.07, 6.45) is 5.20. The van der Waals surface area contributed by atoms with Gasteiger partial charge in [-0.05, 0) is 35.4 Å².